The van der Waals surface area contributed by atoms with Crippen LogP contribution in [0, 0.1) is 25.1 Å². The van der Waals surface area contributed by atoms with Crippen LogP contribution in [0.5, 0.6) is 5.75 Å². The highest BCUT2D eigenvalue weighted by Gasteiger charge is 2.06. The SMILES string of the molecule is Cc1cc(OCc2cc(F)cc(C(=N)N)c2)cc(C)c1Cl. The Morgan fingerprint density at radius 3 is 2.38 bits per heavy atom. The van der Waals surface area contributed by atoms with Gasteiger partial charge in [-0.2, -0.15) is 0 Å². The van der Waals surface area contributed by atoms with Gasteiger partial charge in [-0.05, 0) is 60.9 Å². The quantitative estimate of drug-likeness (QED) is 0.663. The minimum absolute atomic E-state index is 0.172. The summed E-state index contributed by atoms with van der Waals surface area (Å²) < 4.78 is 19.1. The number of amidine groups is 1. The third-order valence-corrected chi connectivity index (χ3v) is 3.68. The summed E-state index contributed by atoms with van der Waals surface area (Å²) in [6, 6.07) is 7.90. The first-order valence-corrected chi connectivity index (χ1v) is 6.78. The second-order valence-corrected chi connectivity index (χ2v) is 5.30. The number of nitrogens with one attached hydrogen (secondary N) is 1. The summed E-state index contributed by atoms with van der Waals surface area (Å²) in [5, 5.41) is 8.08. The number of rotatable bonds is 4. The number of nitrogen functional groups attached to an aromatic ring is 1. The van der Waals surface area contributed by atoms with Gasteiger partial charge in [-0.15, -0.1) is 0 Å². The first kappa shape index (κ1) is 15.3. The summed E-state index contributed by atoms with van der Waals surface area (Å²) in [7, 11) is 0. The van der Waals surface area contributed by atoms with Gasteiger partial charge in [0.05, 0.1) is 0 Å². The first-order valence-electron chi connectivity index (χ1n) is 6.40. The van der Waals surface area contributed by atoms with Crippen LogP contribution >= 0.6 is 11.6 Å². The molecule has 3 N–H and O–H groups in total. The van der Waals surface area contributed by atoms with Crippen molar-refractivity contribution in [3.63, 3.8) is 0 Å². The van der Waals surface area contributed by atoms with Crippen molar-refractivity contribution in [2.75, 3.05) is 0 Å². The highest BCUT2D eigenvalue weighted by molar-refractivity contribution is 6.32. The summed E-state index contributed by atoms with van der Waals surface area (Å²) in [5.41, 5.74) is 8.19. The molecule has 2 aromatic rings. The molecule has 0 aromatic heterocycles. The van der Waals surface area contributed by atoms with E-state index in [1.807, 2.05) is 26.0 Å². The van der Waals surface area contributed by atoms with Gasteiger partial charge < -0.3 is 10.5 Å². The van der Waals surface area contributed by atoms with E-state index in [2.05, 4.69) is 0 Å². The number of hydrogen-bond acceptors (Lipinski definition) is 2. The van der Waals surface area contributed by atoms with Gasteiger partial charge in [0.25, 0.3) is 0 Å². The Morgan fingerprint density at radius 2 is 1.81 bits per heavy atom. The first-order chi connectivity index (χ1) is 9.86. The van der Waals surface area contributed by atoms with Gasteiger partial charge in [0, 0.05) is 10.6 Å². The summed E-state index contributed by atoms with van der Waals surface area (Å²) in [6.45, 7) is 4.00. The Bertz CT molecular complexity index is 678. The van der Waals surface area contributed by atoms with Crippen LogP contribution in [-0.4, -0.2) is 5.84 Å². The van der Waals surface area contributed by atoms with E-state index in [9.17, 15) is 4.39 Å². The minimum Gasteiger partial charge on any atom is -0.489 e. The number of benzene rings is 2. The fourth-order valence-electron chi connectivity index (χ4n) is 2.05. The Morgan fingerprint density at radius 1 is 1.19 bits per heavy atom. The molecule has 21 heavy (non-hydrogen) atoms. The van der Waals surface area contributed by atoms with Crippen molar-refractivity contribution in [3.05, 3.63) is 63.4 Å². The van der Waals surface area contributed by atoms with Crippen LogP contribution in [0.4, 0.5) is 4.39 Å². The van der Waals surface area contributed by atoms with Gasteiger partial charge >= 0.3 is 0 Å². The molecular formula is C16H16ClFN2O. The third-order valence-electron chi connectivity index (χ3n) is 3.08. The van der Waals surface area contributed by atoms with Crippen LogP contribution in [0.15, 0.2) is 30.3 Å². The predicted octanol–water partition coefficient (Wildman–Crippen LogP) is 3.96. The Hall–Kier alpha value is -2.07. The summed E-state index contributed by atoms with van der Waals surface area (Å²) in [4.78, 5) is 0. The number of halogens is 2. The standard InChI is InChI=1S/C16H16ClFN2O/c1-9-3-14(4-10(2)15(9)17)21-8-11-5-12(16(19)20)7-13(18)6-11/h3-7H,8H2,1-2H3,(H3,19,20). The summed E-state index contributed by atoms with van der Waals surface area (Å²) in [5.74, 6) is 0.0572. The molecule has 0 saturated heterocycles. The lowest BCUT2D eigenvalue weighted by molar-refractivity contribution is 0.305. The lowest BCUT2D eigenvalue weighted by atomic mass is 10.1. The molecule has 0 radical (unpaired) electrons. The van der Waals surface area contributed by atoms with E-state index in [4.69, 9.17) is 27.5 Å². The Kier molecular flexibility index (Phi) is 4.48. The molecule has 3 nitrogen and oxygen atoms in total. The Labute approximate surface area is 128 Å². The fourth-order valence-corrected chi connectivity index (χ4v) is 2.15. The third kappa shape index (κ3) is 3.73. The molecule has 0 aliphatic rings. The van der Waals surface area contributed by atoms with E-state index in [-0.39, 0.29) is 12.4 Å². The highest BCUT2D eigenvalue weighted by Crippen LogP contribution is 2.26. The van der Waals surface area contributed by atoms with Crippen LogP contribution in [0.2, 0.25) is 5.02 Å². The van der Waals surface area contributed by atoms with Crippen molar-refractivity contribution in [2.24, 2.45) is 5.73 Å². The van der Waals surface area contributed by atoms with E-state index in [0.717, 1.165) is 11.1 Å². The van der Waals surface area contributed by atoms with Gasteiger partial charge in [-0.3, -0.25) is 5.41 Å². The molecule has 0 saturated carbocycles. The van der Waals surface area contributed by atoms with Crippen molar-refractivity contribution in [1.29, 1.82) is 5.41 Å². The van der Waals surface area contributed by atoms with E-state index >= 15 is 0 Å². The molecule has 0 unspecified atom stereocenters. The van der Waals surface area contributed by atoms with Gasteiger partial charge in [0.2, 0.25) is 0 Å². The maximum atomic E-state index is 13.5. The molecule has 110 valence electrons. The molecule has 0 bridgehead atoms. The van der Waals surface area contributed by atoms with Gasteiger partial charge in [-0.1, -0.05) is 11.6 Å². The smallest absolute Gasteiger partial charge is 0.124 e. The van der Waals surface area contributed by atoms with Gasteiger partial charge in [-0.25, -0.2) is 4.39 Å². The highest BCUT2D eigenvalue weighted by atomic mass is 35.5. The monoisotopic (exact) mass is 306 g/mol. The summed E-state index contributed by atoms with van der Waals surface area (Å²) in [6.07, 6.45) is 0. The van der Waals surface area contributed by atoms with Crippen molar-refractivity contribution < 1.29 is 9.13 Å². The van der Waals surface area contributed by atoms with Gasteiger partial charge in [0.15, 0.2) is 0 Å². The lowest BCUT2D eigenvalue weighted by Crippen LogP contribution is -2.12. The van der Waals surface area contributed by atoms with E-state index < -0.39 is 5.82 Å². The maximum absolute atomic E-state index is 13.5. The number of aryl methyl sites for hydroxylation is 2. The molecule has 0 atom stereocenters. The van der Waals surface area contributed by atoms with Crippen LogP contribution in [0.25, 0.3) is 0 Å². The molecule has 2 aromatic carbocycles. The molecule has 0 heterocycles. The molecule has 0 fully saturated rings. The van der Waals surface area contributed by atoms with Crippen LogP contribution in [0.3, 0.4) is 0 Å². The zero-order valence-corrected chi connectivity index (χ0v) is 12.6. The van der Waals surface area contributed by atoms with E-state index in [1.54, 1.807) is 6.07 Å². The zero-order valence-electron chi connectivity index (χ0n) is 11.8. The summed E-state index contributed by atoms with van der Waals surface area (Å²) >= 11 is 6.10. The second-order valence-electron chi connectivity index (χ2n) is 4.92. The van der Waals surface area contributed by atoms with Crippen LogP contribution in [0.1, 0.15) is 22.3 Å². The van der Waals surface area contributed by atoms with Crippen LogP contribution < -0.4 is 10.5 Å². The molecule has 0 aliphatic carbocycles. The molecule has 0 amide bonds. The fraction of sp³-hybridized carbons (Fsp3) is 0.188. The molecule has 2 rings (SSSR count). The van der Waals surface area contributed by atoms with Gasteiger partial charge in [0.1, 0.15) is 24.0 Å². The number of nitrogens with two attached hydrogens (primary N) is 1. The molecule has 0 spiro atoms. The Balaban J connectivity index is 2.18. The van der Waals surface area contributed by atoms with Crippen molar-refractivity contribution in [1.82, 2.24) is 0 Å². The van der Waals surface area contributed by atoms with Crippen molar-refractivity contribution in [2.45, 2.75) is 20.5 Å². The average Bonchev–Trinajstić information content (AvgIpc) is 2.41. The van der Waals surface area contributed by atoms with Crippen molar-refractivity contribution in [3.8, 4) is 5.75 Å². The normalized spacial score (nSPS) is 10.5. The lowest BCUT2D eigenvalue weighted by Gasteiger charge is -2.11. The topological polar surface area (TPSA) is 59.1 Å². The average molecular weight is 307 g/mol. The zero-order chi connectivity index (χ0) is 15.6. The minimum atomic E-state index is -0.440. The second kappa shape index (κ2) is 6.14. The molecule has 0 aliphatic heterocycles. The molecular weight excluding hydrogens is 291 g/mol. The largest absolute Gasteiger partial charge is 0.489 e. The van der Waals surface area contributed by atoms with Crippen LogP contribution in [-0.2, 0) is 6.61 Å². The predicted molar refractivity (Wildman–Crippen MR) is 82.7 cm³/mol. The maximum Gasteiger partial charge on any atom is 0.124 e. The van der Waals surface area contributed by atoms with Crippen molar-refractivity contribution >= 4 is 17.4 Å². The number of ether oxygens (including phenoxy) is 1. The number of hydrogen-bond donors (Lipinski definition) is 2. The van der Waals surface area contributed by atoms with E-state index in [0.29, 0.717) is 21.9 Å². The molecule has 5 heteroatoms. The van der Waals surface area contributed by atoms with E-state index in [1.165, 1.54) is 12.1 Å².